The molecule has 0 aliphatic carbocycles. The van der Waals surface area contributed by atoms with Crippen LogP contribution in [0, 0.1) is 5.82 Å². The van der Waals surface area contributed by atoms with E-state index in [1.165, 1.54) is 12.1 Å². The number of aryl methyl sites for hydroxylation is 2. The van der Waals surface area contributed by atoms with Gasteiger partial charge in [-0.05, 0) is 30.5 Å². The van der Waals surface area contributed by atoms with E-state index in [0.29, 0.717) is 24.8 Å². The zero-order valence-electron chi connectivity index (χ0n) is 14.5. The van der Waals surface area contributed by atoms with Crippen molar-refractivity contribution < 1.29 is 18.8 Å². The van der Waals surface area contributed by atoms with Gasteiger partial charge in [-0.1, -0.05) is 31.1 Å². The maximum Gasteiger partial charge on any atom is 0.227 e. The van der Waals surface area contributed by atoms with Crippen LogP contribution < -0.4 is 0 Å². The summed E-state index contributed by atoms with van der Waals surface area (Å²) in [5, 5.41) is 14.1. The lowest BCUT2D eigenvalue weighted by atomic mass is 10.0. The highest BCUT2D eigenvalue weighted by molar-refractivity contribution is 5.80. The van der Waals surface area contributed by atoms with Gasteiger partial charge in [0.15, 0.2) is 0 Å². The van der Waals surface area contributed by atoms with Crippen molar-refractivity contribution in [1.82, 2.24) is 10.1 Å². The minimum absolute atomic E-state index is 0.0987. The van der Waals surface area contributed by atoms with Crippen molar-refractivity contribution in [2.24, 2.45) is 0 Å². The molecule has 0 spiro atoms. The summed E-state index contributed by atoms with van der Waals surface area (Å²) in [5.41, 5.74) is 2.35. The van der Waals surface area contributed by atoms with E-state index in [1.807, 2.05) is 13.8 Å². The largest absolute Gasteiger partial charge is 0.391 e. The monoisotopic (exact) mass is 346 g/mol. The van der Waals surface area contributed by atoms with E-state index >= 15 is 0 Å². The van der Waals surface area contributed by atoms with Crippen LogP contribution in [0.4, 0.5) is 4.39 Å². The van der Waals surface area contributed by atoms with Gasteiger partial charge in [0, 0.05) is 18.5 Å². The molecular weight excluding hydrogens is 323 g/mol. The van der Waals surface area contributed by atoms with Crippen LogP contribution in [-0.2, 0) is 24.1 Å². The van der Waals surface area contributed by atoms with Gasteiger partial charge in [0.2, 0.25) is 5.91 Å². The molecule has 0 bridgehead atoms. The molecule has 3 rings (SSSR count). The molecule has 1 aliphatic rings. The van der Waals surface area contributed by atoms with Gasteiger partial charge in [-0.15, -0.1) is 0 Å². The molecule has 1 aromatic carbocycles. The molecule has 2 aromatic rings. The first-order valence-corrected chi connectivity index (χ1v) is 8.72. The molecule has 1 aliphatic heterocycles. The average molecular weight is 346 g/mol. The van der Waals surface area contributed by atoms with Gasteiger partial charge in [0.25, 0.3) is 0 Å². The molecule has 5 nitrogen and oxygen atoms in total. The molecule has 0 radical (unpaired) electrons. The third-order valence-corrected chi connectivity index (χ3v) is 4.77. The molecule has 1 amide bonds. The third-order valence-electron chi connectivity index (χ3n) is 4.77. The van der Waals surface area contributed by atoms with Crippen molar-refractivity contribution in [2.45, 2.75) is 51.7 Å². The molecule has 134 valence electrons. The first-order chi connectivity index (χ1) is 12.0. The molecule has 2 heterocycles. The first-order valence-electron chi connectivity index (χ1n) is 8.72. The average Bonchev–Trinajstić information content (AvgIpc) is 3.17. The predicted octanol–water partition coefficient (Wildman–Crippen LogP) is 2.82. The summed E-state index contributed by atoms with van der Waals surface area (Å²) in [5.74, 6) is 0.289. The Balaban J connectivity index is 1.84. The second-order valence-electron chi connectivity index (χ2n) is 6.42. The highest BCUT2D eigenvalue weighted by Crippen LogP contribution is 2.33. The number of likely N-dealkylation sites (tertiary alicyclic amines) is 1. The van der Waals surface area contributed by atoms with Crippen LogP contribution in [-0.4, -0.2) is 33.7 Å². The van der Waals surface area contributed by atoms with Crippen LogP contribution in [0.3, 0.4) is 0 Å². The van der Waals surface area contributed by atoms with Crippen LogP contribution in [0.15, 0.2) is 28.8 Å². The van der Waals surface area contributed by atoms with Crippen molar-refractivity contribution >= 4 is 5.91 Å². The molecule has 2 atom stereocenters. The minimum Gasteiger partial charge on any atom is -0.391 e. The van der Waals surface area contributed by atoms with Crippen molar-refractivity contribution in [3.63, 3.8) is 0 Å². The number of amides is 1. The summed E-state index contributed by atoms with van der Waals surface area (Å²) in [6, 6.07) is 5.91. The zero-order chi connectivity index (χ0) is 18.0. The number of carbonyl (C=O) groups is 1. The standard InChI is InChI=1S/C19H23FN2O3/c1-3-16-15(18(4-2)25-21-16)10-19(24)22-11-14(23)9-17(22)12-6-5-7-13(20)8-12/h5-8,14,17,23H,3-4,9-11H2,1-2H3/t14-,17-/m0/s1. The van der Waals surface area contributed by atoms with Crippen LogP contribution >= 0.6 is 0 Å². The second kappa shape index (κ2) is 7.35. The molecule has 1 N–H and O–H groups in total. The number of carbonyl (C=O) groups excluding carboxylic acids is 1. The summed E-state index contributed by atoms with van der Waals surface area (Å²) < 4.78 is 18.9. The van der Waals surface area contributed by atoms with E-state index in [2.05, 4.69) is 5.16 Å². The Morgan fingerprint density at radius 1 is 1.40 bits per heavy atom. The zero-order valence-corrected chi connectivity index (χ0v) is 14.5. The molecule has 1 saturated heterocycles. The molecule has 1 aromatic heterocycles. The molecule has 0 saturated carbocycles. The smallest absolute Gasteiger partial charge is 0.227 e. The van der Waals surface area contributed by atoms with Crippen LogP contribution in [0.5, 0.6) is 0 Å². The number of rotatable bonds is 5. The predicted molar refractivity (Wildman–Crippen MR) is 90.4 cm³/mol. The number of aromatic nitrogens is 1. The van der Waals surface area contributed by atoms with Crippen molar-refractivity contribution in [3.8, 4) is 0 Å². The van der Waals surface area contributed by atoms with Crippen molar-refractivity contribution in [3.05, 3.63) is 52.7 Å². The van der Waals surface area contributed by atoms with Gasteiger partial charge in [0.05, 0.1) is 24.3 Å². The Bertz CT molecular complexity index is 737. The third kappa shape index (κ3) is 3.58. The number of aliphatic hydroxyl groups is 1. The number of β-amino-alcohol motifs (C(OH)–C–C–N with tert-alkyl or cyclic N) is 1. The summed E-state index contributed by atoms with van der Waals surface area (Å²) in [7, 11) is 0. The normalized spacial score (nSPS) is 20.2. The van der Waals surface area contributed by atoms with E-state index in [9.17, 15) is 14.3 Å². The highest BCUT2D eigenvalue weighted by atomic mass is 19.1. The number of nitrogens with zero attached hydrogens (tertiary/aromatic N) is 2. The number of hydrogen-bond donors (Lipinski definition) is 1. The Hall–Kier alpha value is -2.21. The van der Waals surface area contributed by atoms with E-state index < -0.39 is 6.10 Å². The van der Waals surface area contributed by atoms with Crippen LogP contribution in [0.2, 0.25) is 0 Å². The first kappa shape index (κ1) is 17.6. The number of aliphatic hydroxyl groups excluding tert-OH is 1. The lowest BCUT2D eigenvalue weighted by molar-refractivity contribution is -0.131. The highest BCUT2D eigenvalue weighted by Gasteiger charge is 2.36. The summed E-state index contributed by atoms with van der Waals surface area (Å²) in [4.78, 5) is 14.6. The SMILES string of the molecule is CCc1noc(CC)c1CC(=O)N1C[C@@H](O)C[C@H]1c1cccc(F)c1. The van der Waals surface area contributed by atoms with Crippen LogP contribution in [0.25, 0.3) is 0 Å². The molecular formula is C19H23FN2O3. The van der Waals surface area contributed by atoms with Gasteiger partial charge in [-0.2, -0.15) is 0 Å². The van der Waals surface area contributed by atoms with E-state index in [0.717, 1.165) is 17.0 Å². The maximum atomic E-state index is 13.6. The molecule has 6 heteroatoms. The number of halogens is 1. The van der Waals surface area contributed by atoms with Gasteiger partial charge in [-0.3, -0.25) is 4.79 Å². The van der Waals surface area contributed by atoms with Crippen molar-refractivity contribution in [1.29, 1.82) is 0 Å². The van der Waals surface area contributed by atoms with Gasteiger partial charge in [-0.25, -0.2) is 4.39 Å². The fourth-order valence-corrected chi connectivity index (χ4v) is 3.51. The maximum absolute atomic E-state index is 13.6. The van der Waals surface area contributed by atoms with E-state index in [4.69, 9.17) is 4.52 Å². The van der Waals surface area contributed by atoms with Gasteiger partial charge >= 0.3 is 0 Å². The number of benzene rings is 1. The minimum atomic E-state index is -0.601. The van der Waals surface area contributed by atoms with Crippen LogP contribution in [0.1, 0.15) is 48.9 Å². The molecule has 25 heavy (non-hydrogen) atoms. The molecule has 1 fully saturated rings. The Morgan fingerprint density at radius 3 is 2.88 bits per heavy atom. The second-order valence-corrected chi connectivity index (χ2v) is 6.42. The quantitative estimate of drug-likeness (QED) is 0.904. The lowest BCUT2D eigenvalue weighted by Crippen LogP contribution is -2.33. The molecule has 0 unspecified atom stereocenters. The Labute approximate surface area is 146 Å². The van der Waals surface area contributed by atoms with Crippen molar-refractivity contribution in [2.75, 3.05) is 6.54 Å². The topological polar surface area (TPSA) is 66.6 Å². The van der Waals surface area contributed by atoms with Gasteiger partial charge < -0.3 is 14.5 Å². The summed E-state index contributed by atoms with van der Waals surface area (Å²) in [6.45, 7) is 4.19. The van der Waals surface area contributed by atoms with Gasteiger partial charge in [0.1, 0.15) is 11.6 Å². The summed E-state index contributed by atoms with van der Waals surface area (Å²) in [6.07, 6.45) is 1.37. The Morgan fingerprint density at radius 2 is 2.20 bits per heavy atom. The Kier molecular flexibility index (Phi) is 5.18. The fraction of sp³-hybridized carbons (Fsp3) is 0.474. The summed E-state index contributed by atoms with van der Waals surface area (Å²) >= 11 is 0. The van der Waals surface area contributed by atoms with E-state index in [-0.39, 0.29) is 30.7 Å². The van der Waals surface area contributed by atoms with E-state index in [1.54, 1.807) is 17.0 Å². The number of hydrogen-bond acceptors (Lipinski definition) is 4. The fourth-order valence-electron chi connectivity index (χ4n) is 3.51. The lowest BCUT2D eigenvalue weighted by Gasteiger charge is -2.25.